The fraction of sp³-hybridized carbons (Fsp3) is 0.692. The molecule has 102 valence electrons. The summed E-state index contributed by atoms with van der Waals surface area (Å²) in [7, 11) is 0. The van der Waals surface area contributed by atoms with Crippen molar-refractivity contribution in [3.05, 3.63) is 11.6 Å². The van der Waals surface area contributed by atoms with Crippen LogP contribution in [0.1, 0.15) is 27.7 Å². The number of ether oxygens (including phenoxy) is 1. The van der Waals surface area contributed by atoms with Crippen LogP contribution in [0, 0.1) is 5.41 Å². The first-order chi connectivity index (χ1) is 8.23. The summed E-state index contributed by atoms with van der Waals surface area (Å²) in [5, 5.41) is 9.06. The second kappa shape index (κ2) is 5.52. The van der Waals surface area contributed by atoms with E-state index in [-0.39, 0.29) is 17.9 Å². The summed E-state index contributed by atoms with van der Waals surface area (Å²) < 4.78 is 5.10. The lowest BCUT2D eigenvalue weighted by Crippen LogP contribution is -2.52. The van der Waals surface area contributed by atoms with Crippen molar-refractivity contribution in [1.82, 2.24) is 4.90 Å². The highest BCUT2D eigenvalue weighted by atomic mass is 16.5. The Labute approximate surface area is 107 Å². The Morgan fingerprint density at radius 1 is 1.39 bits per heavy atom. The van der Waals surface area contributed by atoms with Gasteiger partial charge < -0.3 is 14.7 Å². The first-order valence-corrected chi connectivity index (χ1v) is 6.03. The number of nitrogens with zero attached hydrogens (tertiary/aromatic N) is 1. The van der Waals surface area contributed by atoms with Gasteiger partial charge >= 0.3 is 5.97 Å². The van der Waals surface area contributed by atoms with E-state index in [2.05, 4.69) is 0 Å². The standard InChI is InChI=1S/C13H21NO4/c1-9(13(2,3)4)7-11(15)14-5-6-18-8-10(14)12(16)17/h7,10H,5-6,8H2,1-4H3,(H,16,17)/b9-7+/t10-/m0/s1. The van der Waals surface area contributed by atoms with Gasteiger partial charge in [0.15, 0.2) is 6.04 Å². The van der Waals surface area contributed by atoms with E-state index < -0.39 is 12.0 Å². The number of carbonyl (C=O) groups excluding carboxylic acids is 1. The van der Waals surface area contributed by atoms with E-state index in [9.17, 15) is 9.59 Å². The molecule has 0 bridgehead atoms. The normalized spacial score (nSPS) is 21.9. The molecule has 1 rings (SSSR count). The predicted octanol–water partition coefficient (Wildman–Crippen LogP) is 1.29. The van der Waals surface area contributed by atoms with E-state index in [0.717, 1.165) is 5.57 Å². The quantitative estimate of drug-likeness (QED) is 0.755. The minimum absolute atomic E-state index is 0.0590. The average Bonchev–Trinajstić information content (AvgIpc) is 2.27. The van der Waals surface area contributed by atoms with Gasteiger partial charge in [-0.2, -0.15) is 0 Å². The minimum atomic E-state index is -1.02. The van der Waals surface area contributed by atoms with Crippen LogP contribution in [0.25, 0.3) is 0 Å². The van der Waals surface area contributed by atoms with E-state index in [1.54, 1.807) is 0 Å². The topological polar surface area (TPSA) is 66.8 Å². The SMILES string of the molecule is C/C(=C\C(=O)N1CCOC[C@H]1C(=O)O)C(C)(C)C. The van der Waals surface area contributed by atoms with Gasteiger partial charge in [0.05, 0.1) is 13.2 Å². The number of rotatable bonds is 2. The Kier molecular flexibility index (Phi) is 4.51. The van der Waals surface area contributed by atoms with Crippen molar-refractivity contribution in [1.29, 1.82) is 0 Å². The molecular weight excluding hydrogens is 234 g/mol. The van der Waals surface area contributed by atoms with Gasteiger partial charge in [-0.1, -0.05) is 26.3 Å². The van der Waals surface area contributed by atoms with Crippen molar-refractivity contribution >= 4 is 11.9 Å². The maximum absolute atomic E-state index is 12.1. The number of carboxylic acids is 1. The summed E-state index contributed by atoms with van der Waals surface area (Å²) in [6.07, 6.45) is 1.53. The molecule has 1 atom stereocenters. The number of hydrogen-bond acceptors (Lipinski definition) is 3. The third-order valence-electron chi connectivity index (χ3n) is 3.22. The number of amides is 1. The van der Waals surface area contributed by atoms with Gasteiger partial charge in [-0.15, -0.1) is 0 Å². The fourth-order valence-corrected chi connectivity index (χ4v) is 1.56. The van der Waals surface area contributed by atoms with E-state index in [4.69, 9.17) is 9.84 Å². The molecule has 18 heavy (non-hydrogen) atoms. The molecule has 0 aliphatic carbocycles. The molecule has 0 spiro atoms. The minimum Gasteiger partial charge on any atom is -0.480 e. The van der Waals surface area contributed by atoms with Gasteiger partial charge in [-0.3, -0.25) is 4.79 Å². The molecule has 1 N–H and O–H groups in total. The summed E-state index contributed by atoms with van der Waals surface area (Å²) in [6, 6.07) is -0.879. The van der Waals surface area contributed by atoms with Crippen LogP contribution < -0.4 is 0 Å². The zero-order valence-corrected chi connectivity index (χ0v) is 11.4. The summed E-state index contributed by atoms with van der Waals surface area (Å²) in [5.74, 6) is -1.28. The second-order valence-corrected chi connectivity index (χ2v) is 5.54. The first kappa shape index (κ1) is 14.7. The van der Waals surface area contributed by atoms with Crippen molar-refractivity contribution in [3.8, 4) is 0 Å². The molecule has 0 aromatic carbocycles. The molecule has 1 heterocycles. The van der Waals surface area contributed by atoms with Crippen LogP contribution in [0.3, 0.4) is 0 Å². The van der Waals surface area contributed by atoms with Gasteiger partial charge in [0.1, 0.15) is 0 Å². The number of carboxylic acid groups (broad SMARTS) is 1. The monoisotopic (exact) mass is 255 g/mol. The summed E-state index contributed by atoms with van der Waals surface area (Å²) >= 11 is 0. The second-order valence-electron chi connectivity index (χ2n) is 5.54. The number of carbonyl (C=O) groups is 2. The van der Waals surface area contributed by atoms with Crippen molar-refractivity contribution in [2.24, 2.45) is 5.41 Å². The van der Waals surface area contributed by atoms with Gasteiger partial charge in [0.2, 0.25) is 5.91 Å². The molecule has 1 fully saturated rings. The van der Waals surface area contributed by atoms with Crippen molar-refractivity contribution < 1.29 is 19.4 Å². The van der Waals surface area contributed by atoms with Gasteiger partial charge in [0, 0.05) is 12.6 Å². The van der Waals surface area contributed by atoms with E-state index in [1.807, 2.05) is 27.7 Å². The molecular formula is C13H21NO4. The van der Waals surface area contributed by atoms with Gasteiger partial charge in [-0.25, -0.2) is 4.79 Å². The predicted molar refractivity (Wildman–Crippen MR) is 67.2 cm³/mol. The van der Waals surface area contributed by atoms with Gasteiger partial charge in [-0.05, 0) is 12.3 Å². The highest BCUT2D eigenvalue weighted by Crippen LogP contribution is 2.24. The molecule has 1 amide bonds. The third-order valence-corrected chi connectivity index (χ3v) is 3.22. The Balaban J connectivity index is 2.85. The van der Waals surface area contributed by atoms with Crippen LogP contribution in [-0.4, -0.2) is 47.7 Å². The first-order valence-electron chi connectivity index (χ1n) is 6.03. The molecule has 0 unspecified atom stereocenters. The lowest BCUT2D eigenvalue weighted by molar-refractivity contribution is -0.156. The average molecular weight is 255 g/mol. The highest BCUT2D eigenvalue weighted by molar-refractivity contribution is 5.92. The van der Waals surface area contributed by atoms with Crippen LogP contribution in [0.2, 0.25) is 0 Å². The zero-order chi connectivity index (χ0) is 13.9. The number of aliphatic carboxylic acids is 1. The lowest BCUT2D eigenvalue weighted by atomic mass is 9.87. The van der Waals surface area contributed by atoms with Crippen LogP contribution in [-0.2, 0) is 14.3 Å². The Hall–Kier alpha value is -1.36. The summed E-state index contributed by atoms with van der Waals surface area (Å²) in [6.45, 7) is 8.69. The molecule has 0 saturated carbocycles. The van der Waals surface area contributed by atoms with Crippen LogP contribution in [0.5, 0.6) is 0 Å². The maximum Gasteiger partial charge on any atom is 0.328 e. The highest BCUT2D eigenvalue weighted by Gasteiger charge is 2.32. The molecule has 0 aromatic rings. The Morgan fingerprint density at radius 2 is 2.00 bits per heavy atom. The third kappa shape index (κ3) is 3.57. The molecule has 1 aliphatic rings. The smallest absolute Gasteiger partial charge is 0.328 e. The Bertz CT molecular complexity index is 368. The molecule has 5 heteroatoms. The number of allylic oxidation sites excluding steroid dienone is 1. The number of hydrogen-bond donors (Lipinski definition) is 1. The van der Waals surface area contributed by atoms with Crippen molar-refractivity contribution in [3.63, 3.8) is 0 Å². The lowest BCUT2D eigenvalue weighted by Gasteiger charge is -2.32. The maximum atomic E-state index is 12.1. The molecule has 0 aromatic heterocycles. The summed E-state index contributed by atoms with van der Waals surface area (Å²) in [4.78, 5) is 24.5. The summed E-state index contributed by atoms with van der Waals surface area (Å²) in [5.41, 5.74) is 0.837. The molecule has 1 aliphatic heterocycles. The molecule has 5 nitrogen and oxygen atoms in total. The molecule has 1 saturated heterocycles. The van der Waals surface area contributed by atoms with Crippen molar-refractivity contribution in [2.45, 2.75) is 33.7 Å². The number of morpholine rings is 1. The van der Waals surface area contributed by atoms with E-state index >= 15 is 0 Å². The van der Waals surface area contributed by atoms with Crippen LogP contribution in [0.15, 0.2) is 11.6 Å². The molecule has 0 radical (unpaired) electrons. The zero-order valence-electron chi connectivity index (χ0n) is 11.4. The van der Waals surface area contributed by atoms with E-state index in [1.165, 1.54) is 11.0 Å². The van der Waals surface area contributed by atoms with Crippen LogP contribution >= 0.6 is 0 Å². The van der Waals surface area contributed by atoms with Crippen LogP contribution in [0.4, 0.5) is 0 Å². The van der Waals surface area contributed by atoms with Gasteiger partial charge in [0.25, 0.3) is 0 Å². The van der Waals surface area contributed by atoms with E-state index in [0.29, 0.717) is 13.2 Å². The largest absolute Gasteiger partial charge is 0.480 e. The fourth-order valence-electron chi connectivity index (χ4n) is 1.56. The Morgan fingerprint density at radius 3 is 2.50 bits per heavy atom. The van der Waals surface area contributed by atoms with Crippen molar-refractivity contribution in [2.75, 3.05) is 19.8 Å².